The van der Waals surface area contributed by atoms with Gasteiger partial charge in [-0.15, -0.1) is 0 Å². The van der Waals surface area contributed by atoms with Crippen LogP contribution in [-0.2, 0) is 0 Å². The SMILES string of the molecule is Cc1[nH]ncc1C(=O)N1CCC(CCN2CCCC[C@@H]2C)CC1. The topological polar surface area (TPSA) is 52.2 Å². The van der Waals surface area contributed by atoms with Gasteiger partial charge in [-0.05, 0) is 65.0 Å². The Morgan fingerprint density at radius 2 is 2.04 bits per heavy atom. The number of piperidine rings is 2. The van der Waals surface area contributed by atoms with E-state index < -0.39 is 0 Å². The minimum Gasteiger partial charge on any atom is -0.339 e. The molecule has 128 valence electrons. The molecule has 5 nitrogen and oxygen atoms in total. The maximum Gasteiger partial charge on any atom is 0.257 e. The average Bonchev–Trinajstić information content (AvgIpc) is 3.00. The van der Waals surface area contributed by atoms with Gasteiger partial charge in [0, 0.05) is 24.8 Å². The summed E-state index contributed by atoms with van der Waals surface area (Å²) >= 11 is 0. The van der Waals surface area contributed by atoms with Crippen molar-refractivity contribution in [1.82, 2.24) is 20.0 Å². The molecular weight excluding hydrogens is 288 g/mol. The number of hydrogen-bond acceptors (Lipinski definition) is 3. The predicted molar refractivity (Wildman–Crippen MR) is 91.5 cm³/mol. The lowest BCUT2D eigenvalue weighted by atomic mass is 9.92. The summed E-state index contributed by atoms with van der Waals surface area (Å²) in [6.07, 6.45) is 9.35. The number of carbonyl (C=O) groups is 1. The molecule has 1 aromatic heterocycles. The molecule has 2 aliphatic heterocycles. The number of nitrogens with zero attached hydrogens (tertiary/aromatic N) is 3. The van der Waals surface area contributed by atoms with E-state index in [4.69, 9.17) is 0 Å². The molecule has 1 N–H and O–H groups in total. The minimum absolute atomic E-state index is 0.138. The van der Waals surface area contributed by atoms with Gasteiger partial charge in [0.2, 0.25) is 0 Å². The minimum atomic E-state index is 0.138. The third-order valence-electron chi connectivity index (χ3n) is 5.73. The molecule has 0 aliphatic carbocycles. The van der Waals surface area contributed by atoms with Gasteiger partial charge in [0.05, 0.1) is 11.8 Å². The van der Waals surface area contributed by atoms with Crippen LogP contribution in [0.1, 0.15) is 61.5 Å². The highest BCUT2D eigenvalue weighted by molar-refractivity contribution is 5.95. The molecule has 1 amide bonds. The summed E-state index contributed by atoms with van der Waals surface area (Å²) in [4.78, 5) is 17.2. The van der Waals surface area contributed by atoms with Crippen LogP contribution in [0, 0.1) is 12.8 Å². The van der Waals surface area contributed by atoms with Crippen LogP contribution in [0.25, 0.3) is 0 Å². The molecule has 3 rings (SSSR count). The van der Waals surface area contributed by atoms with E-state index in [1.165, 1.54) is 38.8 Å². The fourth-order valence-electron chi connectivity index (χ4n) is 4.00. The van der Waals surface area contributed by atoms with Gasteiger partial charge in [-0.3, -0.25) is 9.89 Å². The first-order chi connectivity index (χ1) is 11.1. The number of aromatic nitrogens is 2. The monoisotopic (exact) mass is 318 g/mol. The van der Waals surface area contributed by atoms with Crippen LogP contribution in [0.2, 0.25) is 0 Å². The largest absolute Gasteiger partial charge is 0.339 e. The normalized spacial score (nSPS) is 24.1. The molecule has 1 aromatic rings. The molecule has 1 atom stereocenters. The summed E-state index contributed by atoms with van der Waals surface area (Å²) < 4.78 is 0. The molecule has 3 heterocycles. The van der Waals surface area contributed by atoms with Gasteiger partial charge >= 0.3 is 0 Å². The van der Waals surface area contributed by atoms with Crippen molar-refractivity contribution in [3.8, 4) is 0 Å². The predicted octanol–water partition coefficient (Wildman–Crippen LogP) is 2.83. The van der Waals surface area contributed by atoms with Crippen molar-refractivity contribution in [3.63, 3.8) is 0 Å². The second-order valence-corrected chi connectivity index (χ2v) is 7.31. The molecule has 0 spiro atoms. The van der Waals surface area contributed by atoms with Crippen LogP contribution in [0.3, 0.4) is 0 Å². The summed E-state index contributed by atoms with van der Waals surface area (Å²) in [5.41, 5.74) is 1.60. The van der Waals surface area contributed by atoms with E-state index in [1.807, 2.05) is 11.8 Å². The van der Waals surface area contributed by atoms with Crippen LogP contribution in [0.15, 0.2) is 6.20 Å². The number of nitrogens with one attached hydrogen (secondary N) is 1. The smallest absolute Gasteiger partial charge is 0.257 e. The van der Waals surface area contributed by atoms with E-state index in [1.54, 1.807) is 6.20 Å². The van der Waals surface area contributed by atoms with Gasteiger partial charge in [0.1, 0.15) is 0 Å². The molecule has 0 unspecified atom stereocenters. The van der Waals surface area contributed by atoms with Crippen molar-refractivity contribution in [2.75, 3.05) is 26.2 Å². The molecule has 0 bridgehead atoms. The second-order valence-electron chi connectivity index (χ2n) is 7.31. The molecule has 2 aliphatic rings. The number of rotatable bonds is 4. The van der Waals surface area contributed by atoms with Crippen molar-refractivity contribution < 1.29 is 4.79 Å². The van der Waals surface area contributed by atoms with Crippen molar-refractivity contribution in [3.05, 3.63) is 17.5 Å². The summed E-state index contributed by atoms with van der Waals surface area (Å²) in [5.74, 6) is 0.915. The van der Waals surface area contributed by atoms with E-state index >= 15 is 0 Å². The number of hydrogen-bond donors (Lipinski definition) is 1. The Kier molecular flexibility index (Phi) is 5.36. The van der Waals surface area contributed by atoms with E-state index in [0.717, 1.165) is 49.1 Å². The molecule has 0 aromatic carbocycles. The fourth-order valence-corrected chi connectivity index (χ4v) is 4.00. The quantitative estimate of drug-likeness (QED) is 0.929. The van der Waals surface area contributed by atoms with Gasteiger partial charge in [-0.2, -0.15) is 5.10 Å². The Bertz CT molecular complexity index is 519. The first-order valence-corrected chi connectivity index (χ1v) is 9.18. The second kappa shape index (κ2) is 7.47. The Balaban J connectivity index is 1.43. The summed E-state index contributed by atoms with van der Waals surface area (Å²) in [7, 11) is 0. The molecule has 0 radical (unpaired) electrons. The highest BCUT2D eigenvalue weighted by Crippen LogP contribution is 2.24. The lowest BCUT2D eigenvalue weighted by molar-refractivity contribution is 0.0672. The molecule has 5 heteroatoms. The molecule has 2 fully saturated rings. The number of aryl methyl sites for hydroxylation is 1. The molecule has 2 saturated heterocycles. The summed E-state index contributed by atoms with van der Waals surface area (Å²) in [6, 6.07) is 0.759. The molecule has 23 heavy (non-hydrogen) atoms. The highest BCUT2D eigenvalue weighted by atomic mass is 16.2. The maximum absolute atomic E-state index is 12.5. The van der Waals surface area contributed by atoms with Gasteiger partial charge in [0.25, 0.3) is 5.91 Å². The van der Waals surface area contributed by atoms with Crippen LogP contribution < -0.4 is 0 Å². The lowest BCUT2D eigenvalue weighted by Gasteiger charge is -2.36. The van der Waals surface area contributed by atoms with Gasteiger partial charge < -0.3 is 9.80 Å². The standard InChI is InChI=1S/C18H30N4O/c1-14-5-3-4-9-21(14)10-6-16-7-11-22(12-8-16)18(23)17-13-19-20-15(17)2/h13-14,16H,3-12H2,1-2H3,(H,19,20)/t14-/m0/s1. The number of aromatic amines is 1. The van der Waals surface area contributed by atoms with E-state index in [9.17, 15) is 4.79 Å². The van der Waals surface area contributed by atoms with Crippen molar-refractivity contribution in [2.24, 2.45) is 5.92 Å². The lowest BCUT2D eigenvalue weighted by Crippen LogP contribution is -2.41. The van der Waals surface area contributed by atoms with E-state index in [-0.39, 0.29) is 5.91 Å². The zero-order valence-corrected chi connectivity index (χ0v) is 14.6. The van der Waals surface area contributed by atoms with E-state index in [0.29, 0.717) is 0 Å². The Labute approximate surface area is 139 Å². The van der Waals surface area contributed by atoms with Crippen LogP contribution >= 0.6 is 0 Å². The van der Waals surface area contributed by atoms with Crippen LogP contribution in [-0.4, -0.2) is 58.1 Å². The molecule has 0 saturated carbocycles. The number of H-pyrrole nitrogens is 1. The van der Waals surface area contributed by atoms with Gasteiger partial charge in [0.15, 0.2) is 0 Å². The Morgan fingerprint density at radius 1 is 1.26 bits per heavy atom. The number of amides is 1. The number of carbonyl (C=O) groups excluding carboxylic acids is 1. The molecular formula is C18H30N4O. The average molecular weight is 318 g/mol. The van der Waals surface area contributed by atoms with Crippen LogP contribution in [0.4, 0.5) is 0 Å². The fraction of sp³-hybridized carbons (Fsp3) is 0.778. The summed E-state index contributed by atoms with van der Waals surface area (Å²) in [5, 5.41) is 6.82. The zero-order chi connectivity index (χ0) is 16.2. The summed E-state index contributed by atoms with van der Waals surface area (Å²) in [6.45, 7) is 8.58. The Hall–Kier alpha value is -1.36. The van der Waals surface area contributed by atoms with E-state index in [2.05, 4.69) is 22.0 Å². The van der Waals surface area contributed by atoms with Crippen molar-refractivity contribution >= 4 is 5.91 Å². The first-order valence-electron chi connectivity index (χ1n) is 9.18. The Morgan fingerprint density at radius 3 is 2.70 bits per heavy atom. The third kappa shape index (κ3) is 3.94. The maximum atomic E-state index is 12.5. The highest BCUT2D eigenvalue weighted by Gasteiger charge is 2.26. The van der Waals surface area contributed by atoms with Gasteiger partial charge in [-0.1, -0.05) is 6.42 Å². The van der Waals surface area contributed by atoms with Crippen LogP contribution in [0.5, 0.6) is 0 Å². The van der Waals surface area contributed by atoms with Crippen molar-refractivity contribution in [2.45, 2.75) is 58.4 Å². The van der Waals surface area contributed by atoms with Gasteiger partial charge in [-0.25, -0.2) is 0 Å². The first kappa shape index (κ1) is 16.5. The number of likely N-dealkylation sites (tertiary alicyclic amines) is 2. The van der Waals surface area contributed by atoms with Crippen molar-refractivity contribution in [1.29, 1.82) is 0 Å². The zero-order valence-electron chi connectivity index (χ0n) is 14.6. The third-order valence-corrected chi connectivity index (χ3v) is 5.73.